The lowest BCUT2D eigenvalue weighted by Gasteiger charge is -2.07. The molecule has 0 atom stereocenters. The molecule has 2 aromatic heterocycles. The van der Waals surface area contributed by atoms with Crippen molar-refractivity contribution in [1.29, 1.82) is 0 Å². The largest absolute Gasteiger partial charge is 0.310 e. The van der Waals surface area contributed by atoms with Gasteiger partial charge in [-0.1, -0.05) is 13.8 Å². The van der Waals surface area contributed by atoms with Gasteiger partial charge in [0.15, 0.2) is 5.16 Å². The Hall–Kier alpha value is -1.53. The fraction of sp³-hybridized carbons (Fsp3) is 0.333. The van der Waals surface area contributed by atoms with E-state index in [1.54, 1.807) is 6.20 Å². The summed E-state index contributed by atoms with van der Waals surface area (Å²) in [5.41, 5.74) is 1.08. The number of rotatable bonds is 5. The molecule has 0 aromatic carbocycles. The SMILES string of the molecule is CC(C)NCc1cnc(Sc2ccncn2)nc1. The summed E-state index contributed by atoms with van der Waals surface area (Å²) >= 11 is 1.43. The first-order chi connectivity index (χ1) is 8.74. The van der Waals surface area contributed by atoms with Crippen LogP contribution in [0.25, 0.3) is 0 Å². The minimum Gasteiger partial charge on any atom is -0.310 e. The van der Waals surface area contributed by atoms with Gasteiger partial charge in [0.2, 0.25) is 0 Å². The standard InChI is InChI=1S/C12H15N5S/c1-9(2)14-5-10-6-15-12(16-7-10)18-11-3-4-13-8-17-11/h3-4,6-9,14H,5H2,1-2H3. The highest BCUT2D eigenvalue weighted by molar-refractivity contribution is 7.99. The van der Waals surface area contributed by atoms with Gasteiger partial charge in [-0.3, -0.25) is 0 Å². The molecule has 0 radical (unpaired) electrons. The first-order valence-electron chi connectivity index (χ1n) is 5.72. The van der Waals surface area contributed by atoms with Gasteiger partial charge >= 0.3 is 0 Å². The third-order valence-electron chi connectivity index (χ3n) is 2.15. The molecule has 1 N–H and O–H groups in total. The van der Waals surface area contributed by atoms with Gasteiger partial charge in [0.05, 0.1) is 0 Å². The Labute approximate surface area is 110 Å². The summed E-state index contributed by atoms with van der Waals surface area (Å²) in [4.78, 5) is 16.6. The lowest BCUT2D eigenvalue weighted by molar-refractivity contribution is 0.585. The van der Waals surface area contributed by atoms with Crippen molar-refractivity contribution in [3.63, 3.8) is 0 Å². The summed E-state index contributed by atoms with van der Waals surface area (Å²) in [6.45, 7) is 5.01. The zero-order valence-corrected chi connectivity index (χ0v) is 11.2. The second-order valence-corrected chi connectivity index (χ2v) is 5.05. The van der Waals surface area contributed by atoms with Crippen LogP contribution in [0, 0.1) is 0 Å². The van der Waals surface area contributed by atoms with Crippen molar-refractivity contribution in [3.8, 4) is 0 Å². The second-order valence-electron chi connectivity index (χ2n) is 4.06. The van der Waals surface area contributed by atoms with Gasteiger partial charge in [0, 0.05) is 36.7 Å². The lowest BCUT2D eigenvalue weighted by atomic mass is 10.3. The predicted octanol–water partition coefficient (Wildman–Crippen LogP) is 1.92. The highest BCUT2D eigenvalue weighted by Gasteiger charge is 2.02. The van der Waals surface area contributed by atoms with Crippen molar-refractivity contribution in [1.82, 2.24) is 25.3 Å². The molecule has 0 saturated carbocycles. The summed E-state index contributed by atoms with van der Waals surface area (Å²) in [6, 6.07) is 2.29. The van der Waals surface area contributed by atoms with E-state index in [1.165, 1.54) is 18.1 Å². The molecule has 0 saturated heterocycles. The van der Waals surface area contributed by atoms with Crippen molar-refractivity contribution in [2.45, 2.75) is 36.6 Å². The van der Waals surface area contributed by atoms with Gasteiger partial charge in [-0.15, -0.1) is 0 Å². The fourth-order valence-electron chi connectivity index (χ4n) is 1.24. The number of hydrogen-bond acceptors (Lipinski definition) is 6. The second kappa shape index (κ2) is 6.42. The van der Waals surface area contributed by atoms with E-state index in [9.17, 15) is 0 Å². The molecule has 94 valence electrons. The van der Waals surface area contributed by atoms with Crippen molar-refractivity contribution >= 4 is 11.8 Å². The molecular weight excluding hydrogens is 246 g/mol. The van der Waals surface area contributed by atoms with Crippen molar-refractivity contribution in [3.05, 3.63) is 36.5 Å². The van der Waals surface area contributed by atoms with Crippen LogP contribution in [0.1, 0.15) is 19.4 Å². The molecule has 0 spiro atoms. The van der Waals surface area contributed by atoms with Gasteiger partial charge < -0.3 is 5.32 Å². The van der Waals surface area contributed by atoms with E-state index in [0.717, 1.165) is 17.1 Å². The Morgan fingerprint density at radius 3 is 2.61 bits per heavy atom. The van der Waals surface area contributed by atoms with E-state index in [4.69, 9.17) is 0 Å². The van der Waals surface area contributed by atoms with E-state index in [2.05, 4.69) is 39.1 Å². The Kier molecular flexibility index (Phi) is 4.60. The molecule has 2 heterocycles. The van der Waals surface area contributed by atoms with Crippen LogP contribution < -0.4 is 5.32 Å². The van der Waals surface area contributed by atoms with Crippen LogP contribution in [0.3, 0.4) is 0 Å². The highest BCUT2D eigenvalue weighted by Crippen LogP contribution is 2.20. The molecule has 18 heavy (non-hydrogen) atoms. The van der Waals surface area contributed by atoms with Gasteiger partial charge in [0.1, 0.15) is 11.4 Å². The van der Waals surface area contributed by atoms with Gasteiger partial charge in [0.25, 0.3) is 0 Å². The molecule has 0 aliphatic carbocycles. The molecule has 2 rings (SSSR count). The van der Waals surface area contributed by atoms with Gasteiger partial charge in [-0.25, -0.2) is 19.9 Å². The quantitative estimate of drug-likeness (QED) is 0.655. The number of nitrogens with zero attached hydrogens (tertiary/aromatic N) is 4. The van der Waals surface area contributed by atoms with E-state index in [0.29, 0.717) is 11.2 Å². The number of aromatic nitrogens is 4. The molecule has 0 aliphatic rings. The monoisotopic (exact) mass is 261 g/mol. The molecule has 0 fully saturated rings. The minimum absolute atomic E-state index is 0.458. The van der Waals surface area contributed by atoms with E-state index in [-0.39, 0.29) is 0 Å². The van der Waals surface area contributed by atoms with Crippen LogP contribution in [-0.2, 0) is 6.54 Å². The van der Waals surface area contributed by atoms with Crippen molar-refractivity contribution in [2.24, 2.45) is 0 Å². The number of nitrogens with one attached hydrogen (secondary N) is 1. The van der Waals surface area contributed by atoms with E-state index >= 15 is 0 Å². The van der Waals surface area contributed by atoms with Crippen LogP contribution in [0.4, 0.5) is 0 Å². The first kappa shape index (κ1) is 12.9. The summed E-state index contributed by atoms with van der Waals surface area (Å²) in [6.07, 6.45) is 6.90. The Balaban J connectivity index is 1.95. The summed E-state index contributed by atoms with van der Waals surface area (Å²) in [5.74, 6) is 0. The van der Waals surface area contributed by atoms with Gasteiger partial charge in [-0.05, 0) is 17.8 Å². The van der Waals surface area contributed by atoms with Crippen LogP contribution >= 0.6 is 11.8 Å². The Morgan fingerprint density at radius 1 is 1.22 bits per heavy atom. The van der Waals surface area contributed by atoms with Gasteiger partial charge in [-0.2, -0.15) is 0 Å². The van der Waals surface area contributed by atoms with E-state index < -0.39 is 0 Å². The molecule has 6 heteroatoms. The van der Waals surface area contributed by atoms with Crippen LogP contribution in [0.5, 0.6) is 0 Å². The van der Waals surface area contributed by atoms with Crippen LogP contribution in [0.15, 0.2) is 41.2 Å². The maximum atomic E-state index is 4.30. The molecule has 0 unspecified atom stereocenters. The van der Waals surface area contributed by atoms with Crippen molar-refractivity contribution in [2.75, 3.05) is 0 Å². The molecule has 5 nitrogen and oxygen atoms in total. The minimum atomic E-state index is 0.458. The van der Waals surface area contributed by atoms with Crippen molar-refractivity contribution < 1.29 is 0 Å². The topological polar surface area (TPSA) is 63.6 Å². The normalized spacial score (nSPS) is 10.8. The third kappa shape index (κ3) is 4.05. The first-order valence-corrected chi connectivity index (χ1v) is 6.54. The maximum Gasteiger partial charge on any atom is 0.193 e. The average Bonchev–Trinajstić information content (AvgIpc) is 2.39. The van der Waals surface area contributed by atoms with Crippen LogP contribution in [0.2, 0.25) is 0 Å². The molecule has 2 aromatic rings. The zero-order chi connectivity index (χ0) is 12.8. The maximum absolute atomic E-state index is 4.30. The third-order valence-corrected chi connectivity index (χ3v) is 2.99. The highest BCUT2D eigenvalue weighted by atomic mass is 32.2. The Bertz CT molecular complexity index is 472. The van der Waals surface area contributed by atoms with Crippen LogP contribution in [-0.4, -0.2) is 26.0 Å². The molecular formula is C12H15N5S. The average molecular weight is 261 g/mol. The number of hydrogen-bond donors (Lipinski definition) is 1. The fourth-order valence-corrected chi connectivity index (χ4v) is 1.87. The summed E-state index contributed by atoms with van der Waals surface area (Å²) in [7, 11) is 0. The molecule has 0 amide bonds. The molecule has 0 aliphatic heterocycles. The van der Waals surface area contributed by atoms with E-state index in [1.807, 2.05) is 18.5 Å². The smallest absolute Gasteiger partial charge is 0.193 e. The zero-order valence-electron chi connectivity index (χ0n) is 10.4. The summed E-state index contributed by atoms with van der Waals surface area (Å²) in [5, 5.41) is 4.87. The molecule has 0 bridgehead atoms. The lowest BCUT2D eigenvalue weighted by Crippen LogP contribution is -2.21. The predicted molar refractivity (Wildman–Crippen MR) is 70.2 cm³/mol. The Morgan fingerprint density at radius 2 is 2.00 bits per heavy atom. The summed E-state index contributed by atoms with van der Waals surface area (Å²) < 4.78 is 0.